The first-order chi connectivity index (χ1) is 10.6. The van der Waals surface area contributed by atoms with Crippen LogP contribution in [0.15, 0.2) is 30.3 Å². The van der Waals surface area contributed by atoms with E-state index in [1.54, 1.807) is 12.1 Å². The van der Waals surface area contributed by atoms with E-state index >= 15 is 0 Å². The highest BCUT2D eigenvalue weighted by Crippen LogP contribution is 2.07. The van der Waals surface area contributed by atoms with Crippen LogP contribution in [0.2, 0.25) is 0 Å². The molecule has 0 heterocycles. The van der Waals surface area contributed by atoms with Gasteiger partial charge in [-0.25, -0.2) is 0 Å². The van der Waals surface area contributed by atoms with Gasteiger partial charge < -0.3 is 10.2 Å². The van der Waals surface area contributed by atoms with E-state index in [-0.39, 0.29) is 11.8 Å². The topological polar surface area (TPSA) is 49.4 Å². The summed E-state index contributed by atoms with van der Waals surface area (Å²) in [6, 6.07) is 8.61. The molecule has 0 saturated carbocycles. The quantitative estimate of drug-likeness (QED) is 0.761. The average Bonchev–Trinajstić information content (AvgIpc) is 2.54. The molecule has 1 atom stereocenters. The van der Waals surface area contributed by atoms with Crippen molar-refractivity contribution in [3.8, 4) is 0 Å². The molecule has 1 rings (SSSR count). The Balaban J connectivity index is 2.78. The fourth-order valence-electron chi connectivity index (χ4n) is 2.47. The van der Waals surface area contributed by atoms with E-state index in [0.717, 1.165) is 32.4 Å². The molecule has 0 bridgehead atoms. The first-order valence-electron chi connectivity index (χ1n) is 8.28. The Morgan fingerprint density at radius 2 is 1.59 bits per heavy atom. The number of hydrogen-bond donors (Lipinski definition) is 1. The first-order valence-corrected chi connectivity index (χ1v) is 8.28. The second-order valence-corrected chi connectivity index (χ2v) is 5.51. The van der Waals surface area contributed by atoms with Crippen LogP contribution in [0.1, 0.15) is 56.8 Å². The van der Waals surface area contributed by atoms with Crippen molar-refractivity contribution in [2.45, 2.75) is 52.5 Å². The minimum atomic E-state index is -0.434. The van der Waals surface area contributed by atoms with Crippen molar-refractivity contribution in [2.24, 2.45) is 0 Å². The summed E-state index contributed by atoms with van der Waals surface area (Å²) in [5, 5.41) is 2.90. The Morgan fingerprint density at radius 3 is 2.09 bits per heavy atom. The van der Waals surface area contributed by atoms with Crippen LogP contribution in [0.4, 0.5) is 0 Å². The largest absolute Gasteiger partial charge is 0.341 e. The van der Waals surface area contributed by atoms with Gasteiger partial charge in [0.25, 0.3) is 5.91 Å². The third-order valence-corrected chi connectivity index (χ3v) is 3.52. The first kappa shape index (κ1) is 18.2. The predicted molar refractivity (Wildman–Crippen MR) is 89.8 cm³/mol. The zero-order chi connectivity index (χ0) is 16.4. The summed E-state index contributed by atoms with van der Waals surface area (Å²) in [4.78, 5) is 26.8. The molecule has 2 amide bonds. The molecule has 0 radical (unpaired) electrons. The van der Waals surface area contributed by atoms with E-state index in [0.29, 0.717) is 12.0 Å². The van der Waals surface area contributed by atoms with Gasteiger partial charge in [-0.15, -0.1) is 0 Å². The maximum absolute atomic E-state index is 12.7. The molecule has 0 unspecified atom stereocenters. The Morgan fingerprint density at radius 1 is 1.00 bits per heavy atom. The van der Waals surface area contributed by atoms with Gasteiger partial charge >= 0.3 is 0 Å². The number of nitrogens with one attached hydrogen (secondary N) is 1. The average molecular weight is 304 g/mol. The summed E-state index contributed by atoms with van der Waals surface area (Å²) in [5.74, 6) is -0.143. The van der Waals surface area contributed by atoms with Crippen LogP contribution < -0.4 is 5.32 Å². The summed E-state index contributed by atoms with van der Waals surface area (Å²) >= 11 is 0. The van der Waals surface area contributed by atoms with Gasteiger partial charge in [0.1, 0.15) is 6.04 Å². The van der Waals surface area contributed by atoms with Crippen LogP contribution >= 0.6 is 0 Å². The number of rotatable bonds is 9. The Labute approximate surface area is 133 Å². The van der Waals surface area contributed by atoms with Gasteiger partial charge in [0.15, 0.2) is 0 Å². The SMILES string of the molecule is CCC[C@@H](NC(=O)c1ccccc1)C(=O)N(CCC)CCC. The van der Waals surface area contributed by atoms with Crippen molar-refractivity contribution < 1.29 is 9.59 Å². The number of nitrogens with zero attached hydrogens (tertiary/aromatic N) is 1. The molecule has 1 aromatic carbocycles. The highest BCUT2D eigenvalue weighted by Gasteiger charge is 2.24. The van der Waals surface area contributed by atoms with Gasteiger partial charge in [-0.1, -0.05) is 45.4 Å². The normalized spacial score (nSPS) is 11.8. The lowest BCUT2D eigenvalue weighted by atomic mass is 10.1. The molecule has 122 valence electrons. The highest BCUT2D eigenvalue weighted by atomic mass is 16.2. The lowest BCUT2D eigenvalue weighted by Crippen LogP contribution is -2.49. The monoisotopic (exact) mass is 304 g/mol. The molecule has 0 aromatic heterocycles. The third-order valence-electron chi connectivity index (χ3n) is 3.52. The van der Waals surface area contributed by atoms with Gasteiger partial charge in [0, 0.05) is 18.7 Å². The Bertz CT molecular complexity index is 453. The molecular weight excluding hydrogens is 276 g/mol. The Hall–Kier alpha value is -1.84. The molecule has 0 aliphatic carbocycles. The molecule has 0 fully saturated rings. The van der Waals surface area contributed by atoms with Gasteiger partial charge in [-0.2, -0.15) is 0 Å². The van der Waals surface area contributed by atoms with Crippen molar-refractivity contribution in [3.63, 3.8) is 0 Å². The summed E-state index contributed by atoms with van der Waals surface area (Å²) in [6.45, 7) is 7.64. The minimum Gasteiger partial charge on any atom is -0.341 e. The molecule has 1 N–H and O–H groups in total. The van der Waals surface area contributed by atoms with Gasteiger partial charge in [0.05, 0.1) is 0 Å². The summed E-state index contributed by atoms with van der Waals surface area (Å²) < 4.78 is 0. The van der Waals surface area contributed by atoms with E-state index in [1.165, 1.54) is 0 Å². The van der Waals surface area contributed by atoms with E-state index in [1.807, 2.05) is 30.0 Å². The summed E-state index contributed by atoms with van der Waals surface area (Å²) in [6.07, 6.45) is 3.38. The maximum atomic E-state index is 12.7. The Kier molecular flexibility index (Phi) is 8.26. The lowest BCUT2D eigenvalue weighted by Gasteiger charge is -2.27. The predicted octanol–water partition coefficient (Wildman–Crippen LogP) is 3.23. The molecule has 0 aliphatic heterocycles. The highest BCUT2D eigenvalue weighted by molar-refractivity contribution is 5.97. The van der Waals surface area contributed by atoms with Crippen LogP contribution in [0, 0.1) is 0 Å². The number of amides is 2. The van der Waals surface area contributed by atoms with Gasteiger partial charge in [0.2, 0.25) is 5.91 Å². The standard InChI is InChI=1S/C18H28N2O2/c1-4-10-16(18(22)20(13-5-2)14-6-3)19-17(21)15-11-8-7-9-12-15/h7-9,11-12,16H,4-6,10,13-14H2,1-3H3,(H,19,21)/t16-/m1/s1. The number of hydrogen-bond acceptors (Lipinski definition) is 2. The molecule has 0 spiro atoms. The van der Waals surface area contributed by atoms with Crippen LogP contribution in [0.3, 0.4) is 0 Å². The summed E-state index contributed by atoms with van der Waals surface area (Å²) in [5.41, 5.74) is 0.592. The zero-order valence-corrected chi connectivity index (χ0v) is 14.0. The van der Waals surface area contributed by atoms with Crippen LogP contribution in [0.25, 0.3) is 0 Å². The number of benzene rings is 1. The van der Waals surface area contributed by atoms with Crippen molar-refractivity contribution >= 4 is 11.8 Å². The molecule has 22 heavy (non-hydrogen) atoms. The van der Waals surface area contributed by atoms with E-state index in [4.69, 9.17) is 0 Å². The van der Waals surface area contributed by atoms with Gasteiger partial charge in [-0.3, -0.25) is 9.59 Å². The third kappa shape index (κ3) is 5.51. The minimum absolute atomic E-state index is 0.0369. The van der Waals surface area contributed by atoms with Crippen molar-refractivity contribution in [2.75, 3.05) is 13.1 Å². The lowest BCUT2D eigenvalue weighted by molar-refractivity contribution is -0.133. The molecular formula is C18H28N2O2. The molecule has 0 saturated heterocycles. The van der Waals surface area contributed by atoms with E-state index in [2.05, 4.69) is 19.2 Å². The second kappa shape index (κ2) is 9.98. The molecule has 1 aromatic rings. The van der Waals surface area contributed by atoms with Crippen LogP contribution in [-0.4, -0.2) is 35.8 Å². The smallest absolute Gasteiger partial charge is 0.251 e. The second-order valence-electron chi connectivity index (χ2n) is 5.51. The summed E-state index contributed by atoms with van der Waals surface area (Å²) in [7, 11) is 0. The van der Waals surface area contributed by atoms with Crippen LogP contribution in [0.5, 0.6) is 0 Å². The zero-order valence-electron chi connectivity index (χ0n) is 14.0. The van der Waals surface area contributed by atoms with Crippen molar-refractivity contribution in [1.29, 1.82) is 0 Å². The molecule has 0 aliphatic rings. The molecule has 4 heteroatoms. The fourth-order valence-corrected chi connectivity index (χ4v) is 2.47. The molecule has 4 nitrogen and oxygen atoms in total. The van der Waals surface area contributed by atoms with Crippen molar-refractivity contribution in [3.05, 3.63) is 35.9 Å². The number of carbonyl (C=O) groups excluding carboxylic acids is 2. The number of carbonyl (C=O) groups is 2. The maximum Gasteiger partial charge on any atom is 0.251 e. The van der Waals surface area contributed by atoms with Gasteiger partial charge in [-0.05, 0) is 31.4 Å². The van der Waals surface area contributed by atoms with E-state index in [9.17, 15) is 9.59 Å². The van der Waals surface area contributed by atoms with Crippen molar-refractivity contribution in [1.82, 2.24) is 10.2 Å². The van der Waals surface area contributed by atoms with Crippen LogP contribution in [-0.2, 0) is 4.79 Å². The fraction of sp³-hybridized carbons (Fsp3) is 0.556. The van der Waals surface area contributed by atoms with E-state index < -0.39 is 6.04 Å².